The third-order valence-electron chi connectivity index (χ3n) is 13.2. The highest BCUT2D eigenvalue weighted by Crippen LogP contribution is 2.42. The predicted octanol–water partition coefficient (Wildman–Crippen LogP) is 14.9. The molecule has 5 nitrogen and oxygen atoms in total. The standard InChI is InChI=1S/C58H35N5/c1-2-15-40(16-3-1)61-50-23-11-6-18-43(50)45-30-27-38(35-54(45)61)57-58(60-49-22-10-9-21-48(49)59-57)63-51-24-12-7-19-44(51)47-33-39-32-41(29-26-37(39)34-55(47)63)62-52-25-13-8-20-46(52)56-42-17-5-4-14-36(42)28-31-53(56)62/h1-35H. The zero-order chi connectivity index (χ0) is 41.2. The molecule has 4 aromatic heterocycles. The predicted molar refractivity (Wildman–Crippen MR) is 263 cm³/mol. The molecule has 0 aliphatic carbocycles. The Morgan fingerprint density at radius 3 is 1.68 bits per heavy atom. The lowest BCUT2D eigenvalue weighted by Crippen LogP contribution is -2.04. The highest BCUT2D eigenvalue weighted by Gasteiger charge is 2.22. The van der Waals surface area contributed by atoms with E-state index < -0.39 is 0 Å². The van der Waals surface area contributed by atoms with Gasteiger partial charge in [-0.05, 0) is 100 Å². The summed E-state index contributed by atoms with van der Waals surface area (Å²) in [4.78, 5) is 10.9. The van der Waals surface area contributed by atoms with E-state index in [1.54, 1.807) is 0 Å². The average molecular weight is 802 g/mol. The Kier molecular flexibility index (Phi) is 7.05. The van der Waals surface area contributed by atoms with Gasteiger partial charge in [-0.2, -0.15) is 0 Å². The highest BCUT2D eigenvalue weighted by atomic mass is 15.1. The van der Waals surface area contributed by atoms with Crippen molar-refractivity contribution in [2.45, 2.75) is 0 Å². The van der Waals surface area contributed by atoms with Crippen LogP contribution in [0.15, 0.2) is 212 Å². The molecule has 10 aromatic carbocycles. The maximum Gasteiger partial charge on any atom is 0.165 e. The van der Waals surface area contributed by atoms with Gasteiger partial charge < -0.3 is 9.13 Å². The zero-order valence-corrected chi connectivity index (χ0v) is 33.9. The van der Waals surface area contributed by atoms with Crippen LogP contribution in [0.25, 0.3) is 126 Å². The SMILES string of the molecule is c1ccc(-n2c3ccccc3c3ccc(-c4nc5ccccc5nc4-n4c5ccccc5c5cc6cc(-n7c8ccccc8c8c9ccccc9ccc87)ccc6cc54)cc32)cc1. The van der Waals surface area contributed by atoms with Gasteiger partial charge >= 0.3 is 0 Å². The van der Waals surface area contributed by atoms with Gasteiger partial charge in [0.05, 0.1) is 44.1 Å². The second-order valence-electron chi connectivity index (χ2n) is 16.6. The van der Waals surface area contributed by atoms with E-state index in [1.165, 1.54) is 65.0 Å². The van der Waals surface area contributed by atoms with Crippen LogP contribution in [0.4, 0.5) is 0 Å². The van der Waals surface area contributed by atoms with E-state index in [0.717, 1.165) is 61.4 Å². The molecule has 63 heavy (non-hydrogen) atoms. The van der Waals surface area contributed by atoms with Crippen LogP contribution in [0.5, 0.6) is 0 Å². The van der Waals surface area contributed by atoms with E-state index in [0.29, 0.717) is 0 Å². The fourth-order valence-corrected chi connectivity index (χ4v) is 10.4. The number of aromatic nitrogens is 5. The molecule has 0 unspecified atom stereocenters. The van der Waals surface area contributed by atoms with Crippen LogP contribution in [0.3, 0.4) is 0 Å². The Balaban J connectivity index is 1.01. The summed E-state index contributed by atoms with van der Waals surface area (Å²) in [5.41, 5.74) is 12.7. The fraction of sp³-hybridized carbons (Fsp3) is 0. The van der Waals surface area contributed by atoms with E-state index >= 15 is 0 Å². The molecule has 292 valence electrons. The molecule has 14 aromatic rings. The maximum atomic E-state index is 5.50. The van der Waals surface area contributed by atoms with Crippen molar-refractivity contribution in [3.63, 3.8) is 0 Å². The van der Waals surface area contributed by atoms with E-state index in [-0.39, 0.29) is 0 Å². The van der Waals surface area contributed by atoms with Crippen LogP contribution in [0, 0.1) is 0 Å². The largest absolute Gasteiger partial charge is 0.309 e. The molecule has 5 heteroatoms. The Hall–Kier alpha value is -8.54. The summed E-state index contributed by atoms with van der Waals surface area (Å²) < 4.78 is 7.13. The summed E-state index contributed by atoms with van der Waals surface area (Å²) >= 11 is 0. The molecule has 0 amide bonds. The number of rotatable bonds is 4. The molecule has 0 atom stereocenters. The summed E-state index contributed by atoms with van der Waals surface area (Å²) in [6, 6.07) is 76.6. The van der Waals surface area contributed by atoms with E-state index in [9.17, 15) is 0 Å². The normalized spacial score (nSPS) is 12.1. The van der Waals surface area contributed by atoms with Gasteiger partial charge in [0.1, 0.15) is 5.69 Å². The minimum atomic E-state index is 0.801. The highest BCUT2D eigenvalue weighted by molar-refractivity contribution is 6.21. The molecule has 0 bridgehead atoms. The molecular formula is C58H35N5. The van der Waals surface area contributed by atoms with Crippen molar-refractivity contribution in [2.75, 3.05) is 0 Å². The molecule has 0 spiro atoms. The van der Waals surface area contributed by atoms with Crippen molar-refractivity contribution in [2.24, 2.45) is 0 Å². The second kappa shape index (κ2) is 13.0. The van der Waals surface area contributed by atoms with E-state index in [2.05, 4.69) is 214 Å². The molecule has 4 heterocycles. The number of hydrogen-bond acceptors (Lipinski definition) is 2. The molecule has 0 aliphatic heterocycles. The average Bonchev–Trinajstić information content (AvgIpc) is 3.98. The van der Waals surface area contributed by atoms with Crippen molar-refractivity contribution in [1.82, 2.24) is 23.7 Å². The van der Waals surface area contributed by atoms with Crippen molar-refractivity contribution in [3.05, 3.63) is 212 Å². The molecule has 0 aliphatic rings. The van der Waals surface area contributed by atoms with Gasteiger partial charge in [-0.1, -0.05) is 133 Å². The number of benzene rings is 10. The third-order valence-corrected chi connectivity index (χ3v) is 13.2. The lowest BCUT2D eigenvalue weighted by Gasteiger charge is -2.15. The Morgan fingerprint density at radius 1 is 0.286 bits per heavy atom. The number of fused-ring (bicyclic) bond motifs is 13. The van der Waals surface area contributed by atoms with Crippen LogP contribution in [-0.4, -0.2) is 23.7 Å². The quantitative estimate of drug-likeness (QED) is 0.178. The molecule has 14 rings (SSSR count). The summed E-state index contributed by atoms with van der Waals surface area (Å²) in [6.45, 7) is 0. The topological polar surface area (TPSA) is 40.6 Å². The van der Waals surface area contributed by atoms with Gasteiger partial charge in [-0.3, -0.25) is 4.57 Å². The van der Waals surface area contributed by atoms with Gasteiger partial charge in [0.25, 0.3) is 0 Å². The summed E-state index contributed by atoms with van der Waals surface area (Å²) in [6.07, 6.45) is 0. The molecule has 0 N–H and O–H groups in total. The van der Waals surface area contributed by atoms with Gasteiger partial charge in [0, 0.05) is 49.3 Å². The van der Waals surface area contributed by atoms with Gasteiger partial charge in [-0.15, -0.1) is 0 Å². The van der Waals surface area contributed by atoms with Crippen molar-refractivity contribution >= 4 is 98.0 Å². The van der Waals surface area contributed by atoms with Crippen LogP contribution in [0.2, 0.25) is 0 Å². The van der Waals surface area contributed by atoms with Crippen molar-refractivity contribution in [3.8, 4) is 28.5 Å². The van der Waals surface area contributed by atoms with Gasteiger partial charge in [0.15, 0.2) is 5.82 Å². The first-order valence-electron chi connectivity index (χ1n) is 21.5. The first-order chi connectivity index (χ1) is 31.2. The Bertz CT molecular complexity index is 4210. The smallest absolute Gasteiger partial charge is 0.165 e. The van der Waals surface area contributed by atoms with Crippen LogP contribution >= 0.6 is 0 Å². The molecule has 0 radical (unpaired) electrons. The Labute approximate surface area is 360 Å². The van der Waals surface area contributed by atoms with E-state index in [1.807, 2.05) is 12.1 Å². The molecular weight excluding hydrogens is 767 g/mol. The molecule has 0 fully saturated rings. The molecule has 0 saturated carbocycles. The number of para-hydroxylation sites is 6. The first-order valence-corrected chi connectivity index (χ1v) is 21.5. The minimum absolute atomic E-state index is 0.801. The monoisotopic (exact) mass is 801 g/mol. The van der Waals surface area contributed by atoms with Crippen molar-refractivity contribution < 1.29 is 0 Å². The summed E-state index contributed by atoms with van der Waals surface area (Å²) in [5, 5.41) is 12.2. The zero-order valence-electron chi connectivity index (χ0n) is 33.9. The minimum Gasteiger partial charge on any atom is -0.309 e. The first kappa shape index (κ1) is 34.2. The molecule has 0 saturated heterocycles. The maximum absolute atomic E-state index is 5.50. The van der Waals surface area contributed by atoms with Crippen LogP contribution < -0.4 is 0 Å². The third kappa shape index (κ3) is 4.93. The summed E-state index contributed by atoms with van der Waals surface area (Å²) in [7, 11) is 0. The fourth-order valence-electron chi connectivity index (χ4n) is 10.4. The van der Waals surface area contributed by atoms with Gasteiger partial charge in [0.2, 0.25) is 0 Å². The van der Waals surface area contributed by atoms with Crippen LogP contribution in [-0.2, 0) is 0 Å². The number of nitrogens with zero attached hydrogens (tertiary/aromatic N) is 5. The van der Waals surface area contributed by atoms with Gasteiger partial charge in [-0.25, -0.2) is 9.97 Å². The lowest BCUT2D eigenvalue weighted by molar-refractivity contribution is 1.08. The second-order valence-corrected chi connectivity index (χ2v) is 16.6. The Morgan fingerprint density at radius 2 is 0.873 bits per heavy atom. The summed E-state index contributed by atoms with van der Waals surface area (Å²) in [5.74, 6) is 0.801. The lowest BCUT2D eigenvalue weighted by atomic mass is 10.0. The van der Waals surface area contributed by atoms with Crippen molar-refractivity contribution in [1.29, 1.82) is 0 Å². The van der Waals surface area contributed by atoms with E-state index in [4.69, 9.17) is 9.97 Å². The number of hydrogen-bond donors (Lipinski definition) is 0. The van der Waals surface area contributed by atoms with Crippen LogP contribution in [0.1, 0.15) is 0 Å².